The highest BCUT2D eigenvalue weighted by Crippen LogP contribution is 2.28. The minimum absolute atomic E-state index is 0.0192. The summed E-state index contributed by atoms with van der Waals surface area (Å²) in [6.07, 6.45) is 5.42. The first kappa shape index (κ1) is 17.4. The van der Waals surface area contributed by atoms with Crippen molar-refractivity contribution in [2.75, 3.05) is 26.2 Å². The van der Waals surface area contributed by atoms with Gasteiger partial charge in [-0.25, -0.2) is 0 Å². The molecule has 1 fully saturated rings. The summed E-state index contributed by atoms with van der Waals surface area (Å²) < 4.78 is 0. The second-order valence-electron chi connectivity index (χ2n) is 5.97. The Morgan fingerprint density at radius 2 is 1.80 bits per heavy atom. The molecule has 1 aliphatic rings. The molecule has 0 radical (unpaired) electrons. The second kappa shape index (κ2) is 7.99. The highest BCUT2D eigenvalue weighted by atomic mass is 16.2. The molecule has 4 heteroatoms. The van der Waals surface area contributed by atoms with Crippen molar-refractivity contribution in [3.8, 4) is 0 Å². The molecule has 0 saturated heterocycles. The molecule has 1 aliphatic carbocycles. The third-order valence-corrected chi connectivity index (χ3v) is 4.84. The Hall–Kier alpha value is -0.610. The van der Waals surface area contributed by atoms with E-state index in [9.17, 15) is 4.79 Å². The summed E-state index contributed by atoms with van der Waals surface area (Å²) in [5.74, 6) is 0.281. The van der Waals surface area contributed by atoms with Crippen LogP contribution in [-0.2, 0) is 4.79 Å². The number of rotatable bonds is 10. The molecule has 2 N–H and O–H groups in total. The fraction of sp³-hybridized carbons (Fsp3) is 0.938. The van der Waals surface area contributed by atoms with Crippen LogP contribution < -0.4 is 5.73 Å². The highest BCUT2D eigenvalue weighted by molar-refractivity contribution is 5.79. The van der Waals surface area contributed by atoms with E-state index in [4.69, 9.17) is 5.73 Å². The molecule has 1 saturated carbocycles. The molecule has 118 valence electrons. The zero-order chi connectivity index (χ0) is 15.2. The first-order valence-electron chi connectivity index (χ1n) is 8.33. The Morgan fingerprint density at radius 3 is 2.15 bits per heavy atom. The van der Waals surface area contributed by atoms with Gasteiger partial charge in [-0.3, -0.25) is 9.69 Å². The lowest BCUT2D eigenvalue weighted by Gasteiger charge is -2.43. The largest absolute Gasteiger partial charge is 0.339 e. The molecule has 4 nitrogen and oxygen atoms in total. The Labute approximate surface area is 124 Å². The van der Waals surface area contributed by atoms with Crippen molar-refractivity contribution < 1.29 is 4.79 Å². The topological polar surface area (TPSA) is 49.6 Å². The molecule has 1 rings (SSSR count). The van der Waals surface area contributed by atoms with Crippen molar-refractivity contribution in [1.82, 2.24) is 9.80 Å². The number of nitrogens with two attached hydrogens (primary N) is 1. The van der Waals surface area contributed by atoms with Gasteiger partial charge in [0.2, 0.25) is 5.91 Å². The van der Waals surface area contributed by atoms with Gasteiger partial charge in [0.25, 0.3) is 0 Å². The number of hydrogen-bond donors (Lipinski definition) is 1. The van der Waals surface area contributed by atoms with Crippen LogP contribution >= 0.6 is 0 Å². The van der Waals surface area contributed by atoms with E-state index < -0.39 is 0 Å². The van der Waals surface area contributed by atoms with Crippen LogP contribution in [0.25, 0.3) is 0 Å². The quantitative estimate of drug-likeness (QED) is 0.669. The Kier molecular flexibility index (Phi) is 6.96. The first-order chi connectivity index (χ1) is 9.58. The second-order valence-corrected chi connectivity index (χ2v) is 5.97. The third kappa shape index (κ3) is 3.95. The average molecular weight is 283 g/mol. The van der Waals surface area contributed by atoms with E-state index in [1.807, 2.05) is 0 Å². The van der Waals surface area contributed by atoms with Gasteiger partial charge in [-0.05, 0) is 45.6 Å². The summed E-state index contributed by atoms with van der Waals surface area (Å²) in [5, 5.41) is 0. The summed E-state index contributed by atoms with van der Waals surface area (Å²) in [4.78, 5) is 17.0. The van der Waals surface area contributed by atoms with E-state index in [-0.39, 0.29) is 11.4 Å². The molecular formula is C16H33N3O. The summed E-state index contributed by atoms with van der Waals surface area (Å²) in [7, 11) is 0. The van der Waals surface area contributed by atoms with Gasteiger partial charge >= 0.3 is 0 Å². The fourth-order valence-corrected chi connectivity index (χ4v) is 3.15. The van der Waals surface area contributed by atoms with Gasteiger partial charge in [0.05, 0.1) is 6.54 Å². The minimum Gasteiger partial charge on any atom is -0.339 e. The van der Waals surface area contributed by atoms with Crippen LogP contribution in [0.5, 0.6) is 0 Å². The standard InChI is InChI=1S/C16H33N3O/c1-5-11-18(16(6-2,7-3)13-17)12-15(20)19(8-4)14-9-10-14/h14H,5-13,17H2,1-4H3. The third-order valence-electron chi connectivity index (χ3n) is 4.84. The number of hydrogen-bond acceptors (Lipinski definition) is 3. The first-order valence-corrected chi connectivity index (χ1v) is 8.33. The van der Waals surface area contributed by atoms with E-state index in [1.54, 1.807) is 0 Å². The van der Waals surface area contributed by atoms with Gasteiger partial charge in [-0.1, -0.05) is 20.8 Å². The predicted molar refractivity (Wildman–Crippen MR) is 84.6 cm³/mol. The van der Waals surface area contributed by atoms with Crippen molar-refractivity contribution in [3.05, 3.63) is 0 Å². The van der Waals surface area contributed by atoms with Gasteiger partial charge in [0.1, 0.15) is 0 Å². The molecule has 0 unspecified atom stereocenters. The van der Waals surface area contributed by atoms with Gasteiger partial charge in [-0.2, -0.15) is 0 Å². The van der Waals surface area contributed by atoms with Crippen LogP contribution in [0.15, 0.2) is 0 Å². The smallest absolute Gasteiger partial charge is 0.237 e. The summed E-state index contributed by atoms with van der Waals surface area (Å²) in [6.45, 7) is 11.5. The predicted octanol–water partition coefficient (Wildman–Crippen LogP) is 2.23. The fourth-order valence-electron chi connectivity index (χ4n) is 3.15. The maximum Gasteiger partial charge on any atom is 0.237 e. The molecule has 0 atom stereocenters. The van der Waals surface area contributed by atoms with Gasteiger partial charge in [-0.15, -0.1) is 0 Å². The summed E-state index contributed by atoms with van der Waals surface area (Å²) >= 11 is 0. The summed E-state index contributed by atoms with van der Waals surface area (Å²) in [6, 6.07) is 0.506. The zero-order valence-electron chi connectivity index (χ0n) is 13.8. The molecule has 1 amide bonds. The molecule has 0 spiro atoms. The molecule has 0 aromatic heterocycles. The van der Waals surface area contributed by atoms with Gasteiger partial charge in [0, 0.05) is 24.7 Å². The Morgan fingerprint density at radius 1 is 1.20 bits per heavy atom. The maximum absolute atomic E-state index is 12.6. The average Bonchev–Trinajstić information content (AvgIpc) is 3.27. The molecular weight excluding hydrogens is 250 g/mol. The molecule has 0 aromatic carbocycles. The summed E-state index contributed by atoms with van der Waals surface area (Å²) in [5.41, 5.74) is 6.03. The van der Waals surface area contributed by atoms with Gasteiger partial charge < -0.3 is 10.6 Å². The van der Waals surface area contributed by atoms with Crippen LogP contribution in [0.2, 0.25) is 0 Å². The lowest BCUT2D eigenvalue weighted by atomic mass is 9.90. The van der Waals surface area contributed by atoms with Crippen LogP contribution in [0.1, 0.15) is 59.8 Å². The van der Waals surface area contributed by atoms with Crippen molar-refractivity contribution >= 4 is 5.91 Å². The number of carbonyl (C=O) groups excluding carboxylic acids is 1. The minimum atomic E-state index is -0.0192. The Balaban J connectivity index is 2.76. The molecule has 0 aliphatic heterocycles. The number of likely N-dealkylation sites (N-methyl/N-ethyl adjacent to an activating group) is 1. The molecule has 0 heterocycles. The lowest BCUT2D eigenvalue weighted by Crippen LogP contribution is -2.56. The normalized spacial score (nSPS) is 15.7. The number of carbonyl (C=O) groups is 1. The number of nitrogens with zero attached hydrogens (tertiary/aromatic N) is 2. The number of amides is 1. The van der Waals surface area contributed by atoms with Crippen molar-refractivity contribution in [2.45, 2.75) is 71.4 Å². The van der Waals surface area contributed by atoms with Crippen LogP contribution in [-0.4, -0.2) is 53.5 Å². The monoisotopic (exact) mass is 283 g/mol. The van der Waals surface area contributed by atoms with E-state index in [2.05, 4.69) is 37.5 Å². The molecule has 0 aromatic rings. The van der Waals surface area contributed by atoms with Crippen LogP contribution in [0.4, 0.5) is 0 Å². The van der Waals surface area contributed by atoms with E-state index in [0.29, 0.717) is 19.1 Å². The van der Waals surface area contributed by atoms with Crippen molar-refractivity contribution in [1.29, 1.82) is 0 Å². The van der Waals surface area contributed by atoms with E-state index in [0.717, 1.165) is 32.4 Å². The molecule has 0 bridgehead atoms. The molecule has 20 heavy (non-hydrogen) atoms. The van der Waals surface area contributed by atoms with Crippen molar-refractivity contribution in [3.63, 3.8) is 0 Å². The van der Waals surface area contributed by atoms with Gasteiger partial charge in [0.15, 0.2) is 0 Å². The SMILES string of the molecule is CCCN(CC(=O)N(CC)C1CC1)C(CC)(CC)CN. The Bertz CT molecular complexity index is 290. The zero-order valence-corrected chi connectivity index (χ0v) is 13.8. The van der Waals surface area contributed by atoms with Crippen LogP contribution in [0, 0.1) is 0 Å². The highest BCUT2D eigenvalue weighted by Gasteiger charge is 2.36. The van der Waals surface area contributed by atoms with Crippen LogP contribution in [0.3, 0.4) is 0 Å². The lowest BCUT2D eigenvalue weighted by molar-refractivity contribution is -0.134. The maximum atomic E-state index is 12.6. The van der Waals surface area contributed by atoms with E-state index >= 15 is 0 Å². The van der Waals surface area contributed by atoms with Crippen molar-refractivity contribution in [2.24, 2.45) is 5.73 Å². The van der Waals surface area contributed by atoms with E-state index in [1.165, 1.54) is 12.8 Å².